The first kappa shape index (κ1) is 13.5. The molecule has 2 unspecified atom stereocenters. The van der Waals surface area contributed by atoms with Gasteiger partial charge in [0.2, 0.25) is 0 Å². The average molecular weight is 308 g/mol. The molecular weight excluding hydrogens is 290 g/mol. The van der Waals surface area contributed by atoms with Crippen LogP contribution in [0.25, 0.3) is 5.65 Å². The number of aromatic nitrogens is 3. The fraction of sp³-hybridized carbons (Fsp3) is 0.600. The van der Waals surface area contributed by atoms with Crippen molar-refractivity contribution in [2.75, 3.05) is 13.2 Å². The Labute approximate surface area is 128 Å². The molecule has 1 aliphatic heterocycles. The summed E-state index contributed by atoms with van der Waals surface area (Å²) in [6.07, 6.45) is 4.62. The third kappa shape index (κ3) is 2.33. The standard InChI is InChI=1S/C15H18ClN3O2/c1-10-6-11(9-15(8-10)20-4-5-21-15)12-7-13(16)19-14(18-12)2-3-17-19/h2-3,7,10-11H,4-6,8-9H2,1H3. The summed E-state index contributed by atoms with van der Waals surface area (Å²) in [5, 5.41) is 4.76. The minimum absolute atomic E-state index is 0.309. The van der Waals surface area contributed by atoms with Gasteiger partial charge in [-0.1, -0.05) is 18.5 Å². The summed E-state index contributed by atoms with van der Waals surface area (Å²) in [5.41, 5.74) is 1.80. The Bertz CT molecular complexity index is 666. The van der Waals surface area contributed by atoms with Crippen LogP contribution in [0.15, 0.2) is 18.3 Å². The number of ether oxygens (including phenoxy) is 2. The summed E-state index contributed by atoms with van der Waals surface area (Å²) in [5.74, 6) is 0.441. The molecule has 2 aliphatic rings. The van der Waals surface area contributed by atoms with E-state index in [1.807, 2.05) is 12.1 Å². The fourth-order valence-corrected chi connectivity index (χ4v) is 3.94. The minimum atomic E-state index is -0.414. The summed E-state index contributed by atoms with van der Waals surface area (Å²) in [4.78, 5) is 4.71. The van der Waals surface area contributed by atoms with Crippen molar-refractivity contribution in [1.82, 2.24) is 14.6 Å². The maximum Gasteiger partial charge on any atom is 0.169 e. The second kappa shape index (κ2) is 4.93. The van der Waals surface area contributed by atoms with E-state index in [9.17, 15) is 0 Å². The highest BCUT2D eigenvalue weighted by molar-refractivity contribution is 6.29. The highest BCUT2D eigenvalue weighted by atomic mass is 35.5. The molecule has 0 amide bonds. The molecule has 1 spiro atoms. The number of hydrogen-bond acceptors (Lipinski definition) is 4. The van der Waals surface area contributed by atoms with Crippen molar-refractivity contribution < 1.29 is 9.47 Å². The van der Waals surface area contributed by atoms with Gasteiger partial charge in [0, 0.05) is 30.5 Å². The molecule has 2 atom stereocenters. The van der Waals surface area contributed by atoms with Gasteiger partial charge < -0.3 is 9.47 Å². The lowest BCUT2D eigenvalue weighted by Gasteiger charge is -2.39. The second-order valence-corrected chi connectivity index (χ2v) is 6.55. The lowest BCUT2D eigenvalue weighted by Crippen LogP contribution is -2.39. The lowest BCUT2D eigenvalue weighted by molar-refractivity contribution is -0.189. The Balaban J connectivity index is 1.70. The van der Waals surface area contributed by atoms with Crippen molar-refractivity contribution in [2.45, 2.75) is 37.9 Å². The van der Waals surface area contributed by atoms with E-state index in [1.54, 1.807) is 10.7 Å². The molecule has 1 saturated heterocycles. The van der Waals surface area contributed by atoms with Crippen LogP contribution in [0, 0.1) is 5.92 Å². The first-order valence-electron chi connectivity index (χ1n) is 7.43. The third-order valence-corrected chi connectivity index (χ3v) is 4.74. The van der Waals surface area contributed by atoms with Crippen LogP contribution in [-0.4, -0.2) is 33.6 Å². The summed E-state index contributed by atoms with van der Waals surface area (Å²) in [6, 6.07) is 3.80. The molecule has 0 N–H and O–H groups in total. The van der Waals surface area contributed by atoms with Crippen LogP contribution in [0.3, 0.4) is 0 Å². The molecule has 21 heavy (non-hydrogen) atoms. The first-order chi connectivity index (χ1) is 10.2. The molecule has 5 nitrogen and oxygen atoms in total. The molecule has 0 aromatic carbocycles. The van der Waals surface area contributed by atoms with Crippen molar-refractivity contribution in [2.24, 2.45) is 5.92 Å². The second-order valence-electron chi connectivity index (χ2n) is 6.16. The van der Waals surface area contributed by atoms with E-state index in [0.717, 1.165) is 30.6 Å². The van der Waals surface area contributed by atoms with Crippen LogP contribution >= 0.6 is 11.6 Å². The summed E-state index contributed by atoms with van der Waals surface area (Å²) < 4.78 is 13.5. The molecule has 6 heteroatoms. The van der Waals surface area contributed by atoms with Gasteiger partial charge in [0.25, 0.3) is 0 Å². The maximum absolute atomic E-state index is 6.31. The van der Waals surface area contributed by atoms with E-state index in [1.165, 1.54) is 0 Å². The van der Waals surface area contributed by atoms with Crippen molar-refractivity contribution >= 4 is 17.2 Å². The van der Waals surface area contributed by atoms with E-state index in [2.05, 4.69) is 12.0 Å². The van der Waals surface area contributed by atoms with E-state index in [0.29, 0.717) is 30.2 Å². The van der Waals surface area contributed by atoms with Crippen molar-refractivity contribution in [1.29, 1.82) is 0 Å². The van der Waals surface area contributed by atoms with E-state index in [4.69, 9.17) is 26.1 Å². The van der Waals surface area contributed by atoms with Crippen LogP contribution in [0.1, 0.15) is 37.8 Å². The minimum Gasteiger partial charge on any atom is -0.348 e. The average Bonchev–Trinajstić information content (AvgIpc) is 3.07. The van der Waals surface area contributed by atoms with Gasteiger partial charge in [0.15, 0.2) is 11.4 Å². The molecule has 2 aromatic heterocycles. The smallest absolute Gasteiger partial charge is 0.169 e. The Morgan fingerprint density at radius 1 is 1.33 bits per heavy atom. The van der Waals surface area contributed by atoms with Crippen LogP contribution < -0.4 is 0 Å². The summed E-state index contributed by atoms with van der Waals surface area (Å²) in [6.45, 7) is 3.63. The molecule has 0 radical (unpaired) electrons. The highest BCUT2D eigenvalue weighted by Gasteiger charge is 2.44. The lowest BCUT2D eigenvalue weighted by atomic mass is 9.77. The quantitative estimate of drug-likeness (QED) is 0.760. The molecular formula is C15H18ClN3O2. The van der Waals surface area contributed by atoms with Gasteiger partial charge in [-0.05, 0) is 18.4 Å². The zero-order valence-corrected chi connectivity index (χ0v) is 12.7. The van der Waals surface area contributed by atoms with Gasteiger partial charge in [-0.3, -0.25) is 0 Å². The van der Waals surface area contributed by atoms with Gasteiger partial charge in [-0.15, -0.1) is 0 Å². The zero-order valence-electron chi connectivity index (χ0n) is 12.0. The molecule has 3 heterocycles. The zero-order chi connectivity index (χ0) is 14.4. The highest BCUT2D eigenvalue weighted by Crippen LogP contribution is 2.45. The Hall–Kier alpha value is -1.17. The van der Waals surface area contributed by atoms with Crippen molar-refractivity contribution in [3.8, 4) is 0 Å². The largest absolute Gasteiger partial charge is 0.348 e. The normalized spacial score (nSPS) is 28.5. The fourth-order valence-electron chi connectivity index (χ4n) is 3.70. The predicted molar refractivity (Wildman–Crippen MR) is 78.4 cm³/mol. The molecule has 2 aromatic rings. The van der Waals surface area contributed by atoms with Gasteiger partial charge >= 0.3 is 0 Å². The van der Waals surface area contributed by atoms with Crippen LogP contribution in [-0.2, 0) is 9.47 Å². The molecule has 112 valence electrons. The molecule has 1 saturated carbocycles. The molecule has 1 aliphatic carbocycles. The van der Waals surface area contributed by atoms with Gasteiger partial charge in [0.05, 0.1) is 19.4 Å². The number of fused-ring (bicyclic) bond motifs is 1. The molecule has 0 bridgehead atoms. The Morgan fingerprint density at radius 2 is 2.14 bits per heavy atom. The number of hydrogen-bond donors (Lipinski definition) is 0. The van der Waals surface area contributed by atoms with Crippen molar-refractivity contribution in [3.05, 3.63) is 29.2 Å². The Kier molecular flexibility index (Phi) is 3.17. The predicted octanol–water partition coefficient (Wildman–Crippen LogP) is 3.03. The van der Waals surface area contributed by atoms with E-state index < -0.39 is 5.79 Å². The van der Waals surface area contributed by atoms with Crippen molar-refractivity contribution in [3.63, 3.8) is 0 Å². The number of rotatable bonds is 1. The monoisotopic (exact) mass is 307 g/mol. The number of halogens is 1. The topological polar surface area (TPSA) is 48.7 Å². The van der Waals surface area contributed by atoms with Gasteiger partial charge in [0.1, 0.15) is 5.15 Å². The summed E-state index contributed by atoms with van der Waals surface area (Å²) in [7, 11) is 0. The maximum atomic E-state index is 6.31. The van der Waals surface area contributed by atoms with Crippen LogP contribution in [0.4, 0.5) is 0 Å². The summed E-state index contributed by atoms with van der Waals surface area (Å²) >= 11 is 6.31. The third-order valence-electron chi connectivity index (χ3n) is 4.47. The SMILES string of the molecule is CC1CC(c2cc(Cl)n3nccc3n2)CC2(C1)OCCO2. The first-order valence-corrected chi connectivity index (χ1v) is 7.81. The van der Waals surface area contributed by atoms with E-state index >= 15 is 0 Å². The van der Waals surface area contributed by atoms with Gasteiger partial charge in [-0.2, -0.15) is 5.10 Å². The molecule has 4 rings (SSSR count). The van der Waals surface area contributed by atoms with E-state index in [-0.39, 0.29) is 0 Å². The Morgan fingerprint density at radius 3 is 2.95 bits per heavy atom. The van der Waals surface area contributed by atoms with Crippen LogP contribution in [0.2, 0.25) is 5.15 Å². The van der Waals surface area contributed by atoms with Gasteiger partial charge in [-0.25, -0.2) is 9.50 Å². The molecule has 2 fully saturated rings. The van der Waals surface area contributed by atoms with Crippen LogP contribution in [0.5, 0.6) is 0 Å². The number of nitrogens with zero attached hydrogens (tertiary/aromatic N) is 3.